The summed E-state index contributed by atoms with van der Waals surface area (Å²) in [5.41, 5.74) is 4.17. The molecule has 3 nitrogen and oxygen atoms in total. The lowest BCUT2D eigenvalue weighted by molar-refractivity contribution is -0.117. The summed E-state index contributed by atoms with van der Waals surface area (Å²) in [7, 11) is -1.56. The van der Waals surface area contributed by atoms with Crippen molar-refractivity contribution in [2.45, 2.75) is 39.0 Å². The van der Waals surface area contributed by atoms with Crippen LogP contribution >= 0.6 is 0 Å². The molecule has 0 radical (unpaired) electrons. The molecule has 126 valence electrons. The van der Waals surface area contributed by atoms with Crippen LogP contribution in [0.3, 0.4) is 0 Å². The molecule has 1 aromatic heterocycles. The molecule has 0 bridgehead atoms. The molecule has 2 rings (SSSR count). The Morgan fingerprint density at radius 3 is 2.21 bits per heavy atom. The van der Waals surface area contributed by atoms with E-state index in [0.717, 1.165) is 16.8 Å². The molecule has 0 unspecified atom stereocenters. The highest BCUT2D eigenvalue weighted by molar-refractivity contribution is 6.82. The molecule has 0 saturated carbocycles. The first-order chi connectivity index (χ1) is 11.2. The lowest BCUT2D eigenvalue weighted by atomic mass is 9.98. The molecular weight excluding hydrogens is 312 g/mol. The molecule has 0 aliphatic carbocycles. The predicted octanol–water partition coefficient (Wildman–Crippen LogP) is 4.39. The monoisotopic (exact) mass is 338 g/mol. The number of nitrogens with zero attached hydrogens (tertiary/aromatic N) is 1. The molecule has 1 N–H and O–H groups in total. The molecule has 0 saturated heterocycles. The minimum atomic E-state index is -1.56. The topological polar surface area (TPSA) is 42.0 Å². The maximum Gasteiger partial charge on any atom is 0.251 e. The maximum atomic E-state index is 13.0. The van der Waals surface area contributed by atoms with E-state index in [0.29, 0.717) is 0 Å². The summed E-state index contributed by atoms with van der Waals surface area (Å²) < 4.78 is 0. The lowest BCUT2D eigenvalue weighted by Crippen LogP contribution is -2.42. The number of amides is 1. The summed E-state index contributed by atoms with van der Waals surface area (Å²) >= 11 is 0. The van der Waals surface area contributed by atoms with Gasteiger partial charge >= 0.3 is 0 Å². The van der Waals surface area contributed by atoms with Crippen LogP contribution in [0.15, 0.2) is 60.4 Å². The van der Waals surface area contributed by atoms with E-state index in [4.69, 9.17) is 0 Å². The first kappa shape index (κ1) is 18.1. The van der Waals surface area contributed by atoms with Gasteiger partial charge in [-0.3, -0.25) is 9.78 Å². The van der Waals surface area contributed by atoms with Gasteiger partial charge in [0.1, 0.15) is 0 Å². The Balaban J connectivity index is 2.34. The van der Waals surface area contributed by atoms with Crippen molar-refractivity contribution >= 4 is 19.6 Å². The van der Waals surface area contributed by atoms with Gasteiger partial charge in [-0.1, -0.05) is 61.7 Å². The summed E-state index contributed by atoms with van der Waals surface area (Å²) in [6.07, 6.45) is 1.75. The Hall–Kier alpha value is -2.20. The fraction of sp³-hybridized carbons (Fsp3) is 0.300. The Kier molecular flexibility index (Phi) is 5.39. The van der Waals surface area contributed by atoms with Gasteiger partial charge < -0.3 is 5.32 Å². The fourth-order valence-electron chi connectivity index (χ4n) is 2.48. The number of pyridine rings is 1. The van der Waals surface area contributed by atoms with E-state index in [1.54, 1.807) is 6.20 Å². The third-order valence-corrected chi connectivity index (χ3v) is 4.79. The molecule has 1 aromatic carbocycles. The molecule has 2 aromatic rings. The SMILES string of the molecule is CC(C)(NC(=O)/C(=C/[Si](C)(C)C)c1ccccc1)c1ccccn1. The second-order valence-corrected chi connectivity index (χ2v) is 12.6. The summed E-state index contributed by atoms with van der Waals surface area (Å²) in [6, 6.07) is 15.6. The Morgan fingerprint density at radius 1 is 1.04 bits per heavy atom. The van der Waals surface area contributed by atoms with E-state index in [9.17, 15) is 4.79 Å². The lowest BCUT2D eigenvalue weighted by Gasteiger charge is -2.27. The molecule has 24 heavy (non-hydrogen) atoms. The smallest absolute Gasteiger partial charge is 0.251 e. The first-order valence-corrected chi connectivity index (χ1v) is 11.8. The minimum Gasteiger partial charge on any atom is -0.342 e. The highest BCUT2D eigenvalue weighted by Gasteiger charge is 2.27. The van der Waals surface area contributed by atoms with Crippen LogP contribution in [0, 0.1) is 0 Å². The van der Waals surface area contributed by atoms with Gasteiger partial charge in [-0.05, 0) is 31.5 Å². The van der Waals surface area contributed by atoms with E-state index in [1.165, 1.54) is 0 Å². The molecule has 1 heterocycles. The van der Waals surface area contributed by atoms with Crippen LogP contribution < -0.4 is 5.32 Å². The van der Waals surface area contributed by atoms with Crippen LogP contribution in [0.1, 0.15) is 25.1 Å². The van der Waals surface area contributed by atoms with Crippen molar-refractivity contribution < 1.29 is 4.79 Å². The maximum absolute atomic E-state index is 13.0. The number of hydrogen-bond donors (Lipinski definition) is 1. The van der Waals surface area contributed by atoms with Gasteiger partial charge in [0, 0.05) is 11.8 Å². The zero-order valence-electron chi connectivity index (χ0n) is 15.1. The van der Waals surface area contributed by atoms with Crippen LogP contribution in [-0.2, 0) is 10.3 Å². The summed E-state index contributed by atoms with van der Waals surface area (Å²) in [4.78, 5) is 17.4. The zero-order chi connectivity index (χ0) is 17.8. The van der Waals surface area contributed by atoms with Gasteiger partial charge in [0.05, 0.1) is 19.3 Å². The number of hydrogen-bond acceptors (Lipinski definition) is 2. The van der Waals surface area contributed by atoms with Crippen LogP contribution in [0.25, 0.3) is 5.57 Å². The number of aromatic nitrogens is 1. The molecular formula is C20H26N2OSi. The third-order valence-electron chi connectivity index (χ3n) is 3.64. The molecule has 1 amide bonds. The number of benzene rings is 1. The van der Waals surface area contributed by atoms with E-state index >= 15 is 0 Å². The Bertz CT molecular complexity index is 716. The molecule has 0 atom stereocenters. The number of rotatable bonds is 5. The van der Waals surface area contributed by atoms with Gasteiger partial charge in [0.2, 0.25) is 0 Å². The fourth-order valence-corrected chi connectivity index (χ4v) is 3.64. The highest BCUT2D eigenvalue weighted by Crippen LogP contribution is 2.22. The van der Waals surface area contributed by atoms with Crippen molar-refractivity contribution in [1.29, 1.82) is 0 Å². The normalized spacial score (nSPS) is 12.8. The van der Waals surface area contributed by atoms with Crippen molar-refractivity contribution in [3.05, 3.63) is 71.7 Å². The van der Waals surface area contributed by atoms with Crippen molar-refractivity contribution in [3.8, 4) is 0 Å². The standard InChI is InChI=1S/C20H26N2OSi/c1-20(2,18-13-9-10-14-21-18)22-19(23)17(15-24(3,4)5)16-11-7-6-8-12-16/h6-15H,1-5H3,(H,22,23)/b17-15+. The van der Waals surface area contributed by atoms with E-state index in [1.807, 2.05) is 62.4 Å². The number of carbonyl (C=O) groups excluding carboxylic acids is 1. The van der Waals surface area contributed by atoms with Gasteiger partial charge in [0.25, 0.3) is 5.91 Å². The molecule has 4 heteroatoms. The van der Waals surface area contributed by atoms with Crippen LogP contribution in [-0.4, -0.2) is 19.0 Å². The van der Waals surface area contributed by atoms with Gasteiger partial charge in [0.15, 0.2) is 0 Å². The van der Waals surface area contributed by atoms with Gasteiger partial charge in [-0.15, -0.1) is 0 Å². The van der Waals surface area contributed by atoms with Crippen LogP contribution in [0.4, 0.5) is 0 Å². The molecule has 0 aliphatic rings. The third kappa shape index (κ3) is 4.90. The van der Waals surface area contributed by atoms with E-state index in [-0.39, 0.29) is 5.91 Å². The van der Waals surface area contributed by atoms with E-state index < -0.39 is 13.6 Å². The number of carbonyl (C=O) groups is 1. The second kappa shape index (κ2) is 7.14. The van der Waals surface area contributed by atoms with Crippen molar-refractivity contribution in [2.75, 3.05) is 0 Å². The van der Waals surface area contributed by atoms with Crippen LogP contribution in [0.2, 0.25) is 19.6 Å². The Morgan fingerprint density at radius 2 is 1.67 bits per heavy atom. The first-order valence-electron chi connectivity index (χ1n) is 8.21. The van der Waals surface area contributed by atoms with Gasteiger partial charge in [-0.25, -0.2) is 0 Å². The van der Waals surface area contributed by atoms with E-state index in [2.05, 4.69) is 35.6 Å². The highest BCUT2D eigenvalue weighted by atomic mass is 28.3. The summed E-state index contributed by atoms with van der Waals surface area (Å²) in [6.45, 7) is 10.6. The molecule has 0 fully saturated rings. The van der Waals surface area contributed by atoms with Crippen molar-refractivity contribution in [3.63, 3.8) is 0 Å². The summed E-state index contributed by atoms with van der Waals surface area (Å²) in [5.74, 6) is -0.0562. The Labute approximate surface area is 145 Å². The largest absolute Gasteiger partial charge is 0.342 e. The average molecular weight is 339 g/mol. The quantitative estimate of drug-likeness (QED) is 0.649. The summed E-state index contributed by atoms with van der Waals surface area (Å²) in [5, 5.41) is 3.15. The zero-order valence-corrected chi connectivity index (χ0v) is 16.1. The number of nitrogens with one attached hydrogen (secondary N) is 1. The average Bonchev–Trinajstić information content (AvgIpc) is 2.53. The van der Waals surface area contributed by atoms with Gasteiger partial charge in [-0.2, -0.15) is 0 Å². The molecule has 0 spiro atoms. The molecule has 0 aliphatic heterocycles. The van der Waals surface area contributed by atoms with Crippen molar-refractivity contribution in [2.24, 2.45) is 0 Å². The second-order valence-electron chi connectivity index (χ2n) is 7.58. The van der Waals surface area contributed by atoms with Crippen LogP contribution in [0.5, 0.6) is 0 Å². The minimum absolute atomic E-state index is 0.0562. The van der Waals surface area contributed by atoms with Crippen molar-refractivity contribution in [1.82, 2.24) is 10.3 Å². The predicted molar refractivity (Wildman–Crippen MR) is 103 cm³/mol.